The second-order valence-corrected chi connectivity index (χ2v) is 5.09. The number of allylic oxidation sites excluding steroid dienone is 2. The number of hydrogen-bond donors (Lipinski definition) is 1. The Hall–Kier alpha value is -2.82. The fraction of sp³-hybridized carbons (Fsp3) is 0.222. The van der Waals surface area contributed by atoms with Gasteiger partial charge < -0.3 is 10.0 Å². The Balaban J connectivity index is 2.46. The van der Waals surface area contributed by atoms with E-state index in [0.717, 1.165) is 22.0 Å². The summed E-state index contributed by atoms with van der Waals surface area (Å²) in [7, 11) is 1.94. The second-order valence-electron chi connectivity index (χ2n) is 5.09. The third kappa shape index (κ3) is 3.09. The molecule has 110 valence electrons. The van der Waals surface area contributed by atoms with Crippen LogP contribution in [0.2, 0.25) is 0 Å². The molecule has 2 aromatic carbocycles. The van der Waals surface area contributed by atoms with E-state index in [1.807, 2.05) is 48.3 Å². The molecule has 22 heavy (non-hydrogen) atoms. The summed E-state index contributed by atoms with van der Waals surface area (Å²) in [6, 6.07) is 13.9. The van der Waals surface area contributed by atoms with Gasteiger partial charge in [0.05, 0.1) is 19.2 Å². The van der Waals surface area contributed by atoms with Gasteiger partial charge in [-0.25, -0.2) is 10.1 Å². The van der Waals surface area contributed by atoms with Crippen molar-refractivity contribution in [3.8, 4) is 6.07 Å². The number of rotatable bonds is 4. The maximum atomic E-state index is 9.01. The molecule has 2 aromatic rings. The predicted octanol–water partition coefficient (Wildman–Crippen LogP) is 3.44. The first-order valence-corrected chi connectivity index (χ1v) is 6.95. The molecule has 2 rings (SSSR count). The van der Waals surface area contributed by atoms with Crippen molar-refractivity contribution in [2.45, 2.75) is 6.92 Å². The summed E-state index contributed by atoms with van der Waals surface area (Å²) in [4.78, 5) is 5.25. The Bertz CT molecular complexity index is 793. The number of nitrogens with zero attached hydrogens (tertiary/aromatic N) is 3. The van der Waals surface area contributed by atoms with Gasteiger partial charge in [0.1, 0.15) is 0 Å². The summed E-state index contributed by atoms with van der Waals surface area (Å²) >= 11 is 0. The molecule has 0 atom stereocenters. The van der Waals surface area contributed by atoms with Crippen LogP contribution in [0.15, 0.2) is 42.1 Å². The number of nitriles is 1. The van der Waals surface area contributed by atoms with Crippen LogP contribution in [0, 0.1) is 17.9 Å². The number of likely N-dealkylation sites (N-methyl/N-ethyl adjacent to an activating group) is 1. The van der Waals surface area contributed by atoms with Crippen LogP contribution in [0.25, 0.3) is 21.2 Å². The van der Waals surface area contributed by atoms with E-state index in [1.165, 1.54) is 0 Å². The predicted molar refractivity (Wildman–Crippen MR) is 89.1 cm³/mol. The largest absolute Gasteiger partial charge is 0.395 e. The van der Waals surface area contributed by atoms with Crippen molar-refractivity contribution >= 4 is 22.0 Å². The number of hydrogen-bond acceptors (Lipinski definition) is 3. The van der Waals surface area contributed by atoms with Crippen LogP contribution in [-0.4, -0.2) is 25.3 Å². The zero-order chi connectivity index (χ0) is 16.1. The van der Waals surface area contributed by atoms with E-state index < -0.39 is 0 Å². The van der Waals surface area contributed by atoms with Crippen molar-refractivity contribution in [1.82, 2.24) is 0 Å². The third-order valence-electron chi connectivity index (χ3n) is 3.71. The van der Waals surface area contributed by atoms with Gasteiger partial charge in [-0.2, -0.15) is 0 Å². The highest BCUT2D eigenvalue weighted by Gasteiger charge is 2.06. The molecule has 0 aliphatic heterocycles. The van der Waals surface area contributed by atoms with Crippen molar-refractivity contribution in [2.75, 3.05) is 25.1 Å². The molecule has 0 amide bonds. The number of anilines is 1. The number of aliphatic hydroxyl groups excluding tert-OH is 1. The van der Waals surface area contributed by atoms with Crippen LogP contribution in [0.5, 0.6) is 0 Å². The standard InChI is InChI=1S/C18H17N3O/c1-13(18(12-19)20-2)14-4-5-16-11-17(21(3)8-9-22)7-6-15(16)10-14/h4-7,10-11,22H,8-9H2,1,3H3/b18-13-. The van der Waals surface area contributed by atoms with Gasteiger partial charge in [0, 0.05) is 19.3 Å². The molecule has 0 fully saturated rings. The fourth-order valence-electron chi connectivity index (χ4n) is 2.31. The minimum Gasteiger partial charge on any atom is -0.395 e. The maximum absolute atomic E-state index is 9.01. The third-order valence-corrected chi connectivity index (χ3v) is 3.71. The lowest BCUT2D eigenvalue weighted by atomic mass is 10.0. The molecule has 0 saturated heterocycles. The minimum atomic E-state index is 0.116. The lowest BCUT2D eigenvalue weighted by Crippen LogP contribution is -2.20. The maximum Gasteiger partial charge on any atom is 0.265 e. The first kappa shape index (κ1) is 15.6. The topological polar surface area (TPSA) is 51.6 Å². The van der Waals surface area contributed by atoms with Crippen LogP contribution in [0.4, 0.5) is 5.69 Å². The Morgan fingerprint density at radius 1 is 1.27 bits per heavy atom. The van der Waals surface area contributed by atoms with Crippen molar-refractivity contribution in [1.29, 1.82) is 5.26 Å². The molecule has 4 heteroatoms. The summed E-state index contributed by atoms with van der Waals surface area (Å²) in [5.74, 6) is 0. The van der Waals surface area contributed by atoms with Crippen LogP contribution in [0.3, 0.4) is 0 Å². The molecule has 0 aliphatic carbocycles. The molecule has 4 nitrogen and oxygen atoms in total. The summed E-state index contributed by atoms with van der Waals surface area (Å²) in [6.07, 6.45) is 0. The van der Waals surface area contributed by atoms with Gasteiger partial charge >= 0.3 is 0 Å². The lowest BCUT2D eigenvalue weighted by molar-refractivity contribution is 0.304. The highest BCUT2D eigenvalue weighted by atomic mass is 16.3. The van der Waals surface area contributed by atoms with Crippen molar-refractivity contribution in [3.05, 3.63) is 59.1 Å². The van der Waals surface area contributed by atoms with E-state index in [4.69, 9.17) is 16.9 Å². The monoisotopic (exact) mass is 291 g/mol. The Kier molecular flexibility index (Phi) is 4.78. The molecule has 1 N–H and O–H groups in total. The lowest BCUT2D eigenvalue weighted by Gasteiger charge is -2.18. The Labute approximate surface area is 130 Å². The van der Waals surface area contributed by atoms with Gasteiger partial charge in [0.15, 0.2) is 0 Å². The molecule has 0 bridgehead atoms. The van der Waals surface area contributed by atoms with E-state index in [1.54, 1.807) is 6.92 Å². The van der Waals surface area contributed by atoms with Crippen LogP contribution < -0.4 is 4.90 Å². The van der Waals surface area contributed by atoms with Crippen molar-refractivity contribution in [3.63, 3.8) is 0 Å². The van der Waals surface area contributed by atoms with Crippen LogP contribution in [0.1, 0.15) is 12.5 Å². The average Bonchev–Trinajstić information content (AvgIpc) is 2.55. The molecule has 0 heterocycles. The highest BCUT2D eigenvalue weighted by molar-refractivity contribution is 5.89. The van der Waals surface area contributed by atoms with Gasteiger partial charge in [-0.1, -0.05) is 18.2 Å². The van der Waals surface area contributed by atoms with E-state index in [2.05, 4.69) is 10.9 Å². The number of fused-ring (bicyclic) bond motifs is 1. The molecule has 0 spiro atoms. The average molecular weight is 291 g/mol. The van der Waals surface area contributed by atoms with Gasteiger partial charge in [0.25, 0.3) is 5.70 Å². The fourth-order valence-corrected chi connectivity index (χ4v) is 2.31. The van der Waals surface area contributed by atoms with Crippen molar-refractivity contribution in [2.24, 2.45) is 0 Å². The minimum absolute atomic E-state index is 0.116. The molecule has 0 radical (unpaired) electrons. The molecule has 0 unspecified atom stereocenters. The zero-order valence-electron chi connectivity index (χ0n) is 12.7. The normalized spacial score (nSPS) is 11.5. The molecular formula is C18H17N3O. The van der Waals surface area contributed by atoms with Crippen LogP contribution in [-0.2, 0) is 0 Å². The SMILES string of the molecule is [C-]#[N+]/C(C#N)=C(/C)c1ccc2cc(N(C)CCO)ccc2c1. The first-order chi connectivity index (χ1) is 10.6. The van der Waals surface area contributed by atoms with Crippen molar-refractivity contribution < 1.29 is 5.11 Å². The molecular weight excluding hydrogens is 274 g/mol. The van der Waals surface area contributed by atoms with Gasteiger partial charge in [-0.05, 0) is 47.0 Å². The summed E-state index contributed by atoms with van der Waals surface area (Å²) in [6.45, 7) is 9.53. The van der Waals surface area contributed by atoms with E-state index in [-0.39, 0.29) is 12.3 Å². The van der Waals surface area contributed by atoms with Gasteiger partial charge in [-0.3, -0.25) is 0 Å². The van der Waals surface area contributed by atoms with E-state index in [0.29, 0.717) is 12.1 Å². The molecule has 0 aliphatic rings. The highest BCUT2D eigenvalue weighted by Crippen LogP contribution is 2.26. The molecule has 0 saturated carbocycles. The van der Waals surface area contributed by atoms with E-state index >= 15 is 0 Å². The summed E-state index contributed by atoms with van der Waals surface area (Å²) in [5, 5.41) is 20.1. The second kappa shape index (κ2) is 6.76. The smallest absolute Gasteiger partial charge is 0.265 e. The zero-order valence-corrected chi connectivity index (χ0v) is 12.7. The number of aliphatic hydroxyl groups is 1. The summed E-state index contributed by atoms with van der Waals surface area (Å²) in [5.41, 5.74) is 2.75. The number of benzene rings is 2. The van der Waals surface area contributed by atoms with Crippen LogP contribution >= 0.6 is 0 Å². The summed E-state index contributed by atoms with van der Waals surface area (Å²) < 4.78 is 0. The Morgan fingerprint density at radius 3 is 2.59 bits per heavy atom. The first-order valence-electron chi connectivity index (χ1n) is 6.95. The van der Waals surface area contributed by atoms with E-state index in [9.17, 15) is 0 Å². The quantitative estimate of drug-likeness (QED) is 0.693. The van der Waals surface area contributed by atoms with Gasteiger partial charge in [0.2, 0.25) is 0 Å². The molecule has 0 aromatic heterocycles. The Morgan fingerprint density at radius 2 is 1.95 bits per heavy atom. The van der Waals surface area contributed by atoms with Gasteiger partial charge in [-0.15, -0.1) is 0 Å².